The minimum absolute atomic E-state index is 0.0493. The van der Waals surface area contributed by atoms with Crippen LogP contribution < -0.4 is 0 Å². The zero-order chi connectivity index (χ0) is 18.0. The topological polar surface area (TPSA) is 81.3 Å². The summed E-state index contributed by atoms with van der Waals surface area (Å²) in [5.41, 5.74) is 0.534. The largest absolute Gasteiger partial charge is 0.340 e. The Morgan fingerprint density at radius 1 is 1.38 bits per heavy atom. The summed E-state index contributed by atoms with van der Waals surface area (Å²) in [5.74, 6) is -1.84. The standard InChI is InChI=1S/C15H16F2N4O3/c1-9-15(21(23)24)10(2)20(18-9)8-14(22)19(3)7-11-4-5-12(16)6-13(11)17/h4-6H,7-8H2,1-3H3. The SMILES string of the molecule is Cc1nn(CC(=O)N(C)Cc2ccc(F)cc2F)c(C)c1[N+](=O)[O-]. The summed E-state index contributed by atoms with van der Waals surface area (Å²) in [6.45, 7) is 2.74. The van der Waals surface area contributed by atoms with E-state index in [1.54, 1.807) is 0 Å². The van der Waals surface area contributed by atoms with E-state index in [0.717, 1.165) is 12.1 Å². The monoisotopic (exact) mass is 338 g/mol. The summed E-state index contributed by atoms with van der Waals surface area (Å²) in [6.07, 6.45) is 0. The lowest BCUT2D eigenvalue weighted by Gasteiger charge is -2.18. The van der Waals surface area contributed by atoms with Gasteiger partial charge in [-0.25, -0.2) is 8.78 Å². The first kappa shape index (κ1) is 17.5. The molecule has 1 amide bonds. The number of nitro groups is 1. The number of carbonyl (C=O) groups is 1. The van der Waals surface area contributed by atoms with Crippen molar-refractivity contribution in [2.75, 3.05) is 7.05 Å². The van der Waals surface area contributed by atoms with E-state index < -0.39 is 22.5 Å². The van der Waals surface area contributed by atoms with Crippen LogP contribution in [0, 0.1) is 35.6 Å². The van der Waals surface area contributed by atoms with Gasteiger partial charge in [0.1, 0.15) is 29.6 Å². The molecule has 0 bridgehead atoms. The van der Waals surface area contributed by atoms with Gasteiger partial charge in [-0.2, -0.15) is 5.10 Å². The van der Waals surface area contributed by atoms with E-state index in [4.69, 9.17) is 0 Å². The zero-order valence-electron chi connectivity index (χ0n) is 13.4. The number of carbonyl (C=O) groups excluding carboxylic acids is 1. The number of halogens is 2. The summed E-state index contributed by atoms with van der Waals surface area (Å²) in [5, 5.41) is 15.0. The highest BCUT2D eigenvalue weighted by Gasteiger charge is 2.23. The minimum atomic E-state index is -0.739. The molecule has 0 saturated heterocycles. The number of amides is 1. The zero-order valence-corrected chi connectivity index (χ0v) is 13.4. The van der Waals surface area contributed by atoms with Crippen LogP contribution in [-0.2, 0) is 17.9 Å². The number of hydrogen-bond acceptors (Lipinski definition) is 4. The van der Waals surface area contributed by atoms with Gasteiger partial charge in [-0.05, 0) is 19.9 Å². The third-order valence-corrected chi connectivity index (χ3v) is 3.66. The molecule has 0 aliphatic rings. The summed E-state index contributed by atoms with van der Waals surface area (Å²) in [4.78, 5) is 23.9. The second-order valence-electron chi connectivity index (χ2n) is 5.42. The average Bonchev–Trinajstić information content (AvgIpc) is 2.76. The highest BCUT2D eigenvalue weighted by Crippen LogP contribution is 2.21. The first-order chi connectivity index (χ1) is 11.2. The molecule has 0 aliphatic heterocycles. The third kappa shape index (κ3) is 3.55. The van der Waals surface area contributed by atoms with E-state index in [9.17, 15) is 23.7 Å². The predicted molar refractivity (Wildman–Crippen MR) is 81.2 cm³/mol. The third-order valence-electron chi connectivity index (χ3n) is 3.66. The van der Waals surface area contributed by atoms with E-state index >= 15 is 0 Å². The Morgan fingerprint density at radius 3 is 2.58 bits per heavy atom. The van der Waals surface area contributed by atoms with Crippen molar-refractivity contribution >= 4 is 11.6 Å². The molecule has 24 heavy (non-hydrogen) atoms. The van der Waals surface area contributed by atoms with Crippen molar-refractivity contribution in [2.24, 2.45) is 0 Å². The Morgan fingerprint density at radius 2 is 2.04 bits per heavy atom. The van der Waals surface area contributed by atoms with Crippen molar-refractivity contribution in [3.8, 4) is 0 Å². The number of rotatable bonds is 5. The maximum atomic E-state index is 13.6. The average molecular weight is 338 g/mol. The number of aryl methyl sites for hydroxylation is 1. The van der Waals surface area contributed by atoms with E-state index in [0.29, 0.717) is 0 Å². The van der Waals surface area contributed by atoms with Gasteiger partial charge < -0.3 is 4.90 Å². The summed E-state index contributed by atoms with van der Waals surface area (Å²) in [7, 11) is 1.46. The number of hydrogen-bond donors (Lipinski definition) is 0. The fourth-order valence-corrected chi connectivity index (χ4v) is 2.35. The molecule has 0 N–H and O–H groups in total. The second kappa shape index (κ2) is 6.73. The second-order valence-corrected chi connectivity index (χ2v) is 5.42. The van der Waals surface area contributed by atoms with E-state index in [1.165, 1.54) is 36.5 Å². The van der Waals surface area contributed by atoms with Crippen LogP contribution in [0.3, 0.4) is 0 Å². The highest BCUT2D eigenvalue weighted by molar-refractivity contribution is 5.75. The number of likely N-dealkylation sites (N-methyl/N-ethyl adjacent to an activating group) is 1. The lowest BCUT2D eigenvalue weighted by atomic mass is 10.2. The first-order valence-electron chi connectivity index (χ1n) is 7.07. The lowest BCUT2D eigenvalue weighted by molar-refractivity contribution is -0.386. The van der Waals surface area contributed by atoms with E-state index in [-0.39, 0.29) is 35.7 Å². The van der Waals surface area contributed by atoms with Gasteiger partial charge in [-0.15, -0.1) is 0 Å². The fourth-order valence-electron chi connectivity index (χ4n) is 2.35. The molecule has 0 atom stereocenters. The molecule has 0 aliphatic carbocycles. The smallest absolute Gasteiger partial charge is 0.312 e. The molecule has 0 spiro atoms. The molecule has 0 fully saturated rings. The number of aromatic nitrogens is 2. The molecule has 0 saturated carbocycles. The Bertz CT molecular complexity index is 804. The number of benzene rings is 1. The van der Waals surface area contributed by atoms with Crippen LogP contribution in [0.1, 0.15) is 17.0 Å². The van der Waals surface area contributed by atoms with E-state index in [2.05, 4.69) is 5.10 Å². The van der Waals surface area contributed by atoms with Gasteiger partial charge in [-0.1, -0.05) is 6.07 Å². The van der Waals surface area contributed by atoms with Crippen LogP contribution in [-0.4, -0.2) is 32.6 Å². The fraction of sp³-hybridized carbons (Fsp3) is 0.333. The van der Waals surface area contributed by atoms with E-state index in [1.807, 2.05) is 0 Å². The maximum absolute atomic E-state index is 13.6. The van der Waals surface area contributed by atoms with Crippen molar-refractivity contribution in [1.29, 1.82) is 0 Å². The van der Waals surface area contributed by atoms with Gasteiger partial charge >= 0.3 is 5.69 Å². The molecular formula is C15H16F2N4O3. The maximum Gasteiger partial charge on any atom is 0.312 e. The van der Waals surface area contributed by atoms with Crippen molar-refractivity contribution < 1.29 is 18.5 Å². The Labute approximate surface area is 136 Å². The van der Waals surface area contributed by atoms with Crippen LogP contribution in [0.5, 0.6) is 0 Å². The highest BCUT2D eigenvalue weighted by atomic mass is 19.1. The van der Waals surface area contributed by atoms with Gasteiger partial charge in [0.15, 0.2) is 0 Å². The van der Waals surface area contributed by atoms with Gasteiger partial charge in [-0.3, -0.25) is 19.6 Å². The van der Waals surface area contributed by atoms with Gasteiger partial charge in [0, 0.05) is 25.2 Å². The molecular weight excluding hydrogens is 322 g/mol. The van der Waals surface area contributed by atoms with Crippen molar-refractivity contribution in [3.05, 3.63) is 56.9 Å². The normalized spacial score (nSPS) is 10.7. The summed E-state index contributed by atoms with van der Waals surface area (Å²) < 4.78 is 27.8. The lowest BCUT2D eigenvalue weighted by Crippen LogP contribution is -2.30. The van der Waals surface area contributed by atoms with Crippen molar-refractivity contribution in [2.45, 2.75) is 26.9 Å². The van der Waals surface area contributed by atoms with Crippen LogP contribution >= 0.6 is 0 Å². The molecule has 1 heterocycles. The van der Waals surface area contributed by atoms with Crippen LogP contribution in [0.15, 0.2) is 18.2 Å². The molecule has 7 nitrogen and oxygen atoms in total. The minimum Gasteiger partial charge on any atom is -0.340 e. The van der Waals surface area contributed by atoms with Crippen molar-refractivity contribution in [1.82, 2.24) is 14.7 Å². The van der Waals surface area contributed by atoms with Gasteiger partial charge in [0.25, 0.3) is 0 Å². The Hall–Kier alpha value is -2.84. The van der Waals surface area contributed by atoms with Crippen LogP contribution in [0.25, 0.3) is 0 Å². The van der Waals surface area contributed by atoms with Crippen LogP contribution in [0.2, 0.25) is 0 Å². The molecule has 1 aromatic carbocycles. The number of nitrogens with zero attached hydrogens (tertiary/aromatic N) is 4. The molecule has 2 rings (SSSR count). The first-order valence-corrected chi connectivity index (χ1v) is 7.07. The molecule has 128 valence electrons. The molecule has 9 heteroatoms. The summed E-state index contributed by atoms with van der Waals surface area (Å²) >= 11 is 0. The van der Waals surface area contributed by atoms with Crippen LogP contribution in [0.4, 0.5) is 14.5 Å². The molecule has 1 aromatic heterocycles. The Kier molecular flexibility index (Phi) is 4.91. The molecule has 2 aromatic rings. The Balaban J connectivity index is 2.12. The van der Waals surface area contributed by atoms with Crippen molar-refractivity contribution in [3.63, 3.8) is 0 Å². The summed E-state index contributed by atoms with van der Waals surface area (Å²) in [6, 6.07) is 3.13. The predicted octanol–water partition coefficient (Wildman–Crippen LogP) is 2.34. The van der Waals surface area contributed by atoms with Gasteiger partial charge in [0.05, 0.1) is 4.92 Å². The molecule has 0 radical (unpaired) electrons. The van der Waals surface area contributed by atoms with Gasteiger partial charge in [0.2, 0.25) is 5.91 Å². The molecule has 0 unspecified atom stereocenters. The quantitative estimate of drug-likeness (QED) is 0.619.